The first-order valence-corrected chi connectivity index (χ1v) is 7.62. The third kappa shape index (κ3) is 1.86. The summed E-state index contributed by atoms with van der Waals surface area (Å²) in [6, 6.07) is 23.8. The number of rotatable bonds is 2. The van der Waals surface area contributed by atoms with Gasteiger partial charge < -0.3 is 4.74 Å². The molecule has 0 fully saturated rings. The molecule has 0 radical (unpaired) electrons. The largest absolute Gasteiger partial charge is 0.497 e. The molecule has 1 heteroatoms. The van der Waals surface area contributed by atoms with E-state index in [1.165, 1.54) is 33.4 Å². The van der Waals surface area contributed by atoms with E-state index in [9.17, 15) is 0 Å². The molecule has 1 aliphatic rings. The fourth-order valence-electron chi connectivity index (χ4n) is 3.59. The highest BCUT2D eigenvalue weighted by molar-refractivity contribution is 5.81. The first-order chi connectivity index (χ1) is 10.8. The number of aryl methyl sites for hydroxylation is 1. The minimum absolute atomic E-state index is 0.318. The van der Waals surface area contributed by atoms with Crippen LogP contribution >= 0.6 is 0 Å². The quantitative estimate of drug-likeness (QED) is 0.494. The summed E-state index contributed by atoms with van der Waals surface area (Å²) >= 11 is 0. The van der Waals surface area contributed by atoms with Gasteiger partial charge in [0.2, 0.25) is 0 Å². The van der Waals surface area contributed by atoms with Crippen LogP contribution in [0, 0.1) is 6.92 Å². The van der Waals surface area contributed by atoms with E-state index in [1.807, 2.05) is 12.1 Å². The lowest BCUT2D eigenvalue weighted by Gasteiger charge is -2.16. The number of methoxy groups -OCH3 is 1. The Bertz CT molecular complexity index is 831. The molecule has 108 valence electrons. The molecule has 0 spiro atoms. The number of hydrogen-bond donors (Lipinski definition) is 0. The fraction of sp³-hybridized carbons (Fsp3) is 0.143. The minimum atomic E-state index is 0.318. The van der Waals surface area contributed by atoms with Crippen molar-refractivity contribution in [2.75, 3.05) is 7.11 Å². The second-order valence-electron chi connectivity index (χ2n) is 5.83. The zero-order valence-electron chi connectivity index (χ0n) is 12.8. The summed E-state index contributed by atoms with van der Waals surface area (Å²) in [5, 5.41) is 0. The average molecular weight is 286 g/mol. The third-order valence-corrected chi connectivity index (χ3v) is 4.62. The Hall–Kier alpha value is -2.54. The Morgan fingerprint density at radius 3 is 2.27 bits per heavy atom. The van der Waals surface area contributed by atoms with E-state index in [2.05, 4.69) is 61.5 Å². The Kier molecular flexibility index (Phi) is 3.00. The zero-order chi connectivity index (χ0) is 15.1. The van der Waals surface area contributed by atoms with Crippen LogP contribution in [-0.2, 0) is 0 Å². The van der Waals surface area contributed by atoms with Crippen molar-refractivity contribution >= 4 is 0 Å². The predicted octanol–water partition coefficient (Wildman–Crippen LogP) is 5.16. The number of hydrogen-bond acceptors (Lipinski definition) is 1. The second kappa shape index (κ2) is 5.03. The standard InChI is InChI=1S/C21H18O/c1-14-6-5-9-18-17-7-3-4-8-19(17)21(20(14)18)15-10-12-16(22-2)13-11-15/h3-13,21H,1-2H3. The number of benzene rings is 3. The van der Waals surface area contributed by atoms with E-state index in [-0.39, 0.29) is 0 Å². The molecule has 0 amide bonds. The van der Waals surface area contributed by atoms with Crippen LogP contribution < -0.4 is 4.74 Å². The molecule has 1 unspecified atom stereocenters. The Balaban J connectivity index is 1.95. The minimum Gasteiger partial charge on any atom is -0.497 e. The lowest BCUT2D eigenvalue weighted by molar-refractivity contribution is 0.414. The van der Waals surface area contributed by atoms with Crippen molar-refractivity contribution in [3.63, 3.8) is 0 Å². The van der Waals surface area contributed by atoms with E-state index in [0.717, 1.165) is 5.75 Å². The van der Waals surface area contributed by atoms with Crippen molar-refractivity contribution < 1.29 is 4.74 Å². The van der Waals surface area contributed by atoms with E-state index in [0.29, 0.717) is 5.92 Å². The van der Waals surface area contributed by atoms with Crippen LogP contribution in [0.3, 0.4) is 0 Å². The fourth-order valence-corrected chi connectivity index (χ4v) is 3.59. The monoisotopic (exact) mass is 286 g/mol. The molecule has 0 heterocycles. The number of fused-ring (bicyclic) bond motifs is 3. The molecule has 22 heavy (non-hydrogen) atoms. The van der Waals surface area contributed by atoms with Crippen molar-refractivity contribution in [1.29, 1.82) is 0 Å². The molecule has 3 aromatic carbocycles. The average Bonchev–Trinajstić information content (AvgIpc) is 2.91. The molecule has 0 aliphatic heterocycles. The normalized spacial score (nSPS) is 15.3. The first-order valence-electron chi connectivity index (χ1n) is 7.62. The summed E-state index contributed by atoms with van der Waals surface area (Å²) in [4.78, 5) is 0. The Morgan fingerprint density at radius 2 is 1.50 bits per heavy atom. The lowest BCUT2D eigenvalue weighted by atomic mass is 9.87. The topological polar surface area (TPSA) is 9.23 Å². The Labute approximate surface area is 131 Å². The van der Waals surface area contributed by atoms with E-state index in [4.69, 9.17) is 4.74 Å². The van der Waals surface area contributed by atoms with Gasteiger partial charge in [-0.15, -0.1) is 0 Å². The number of ether oxygens (including phenoxy) is 1. The highest BCUT2D eigenvalue weighted by Crippen LogP contribution is 2.49. The third-order valence-electron chi connectivity index (χ3n) is 4.62. The predicted molar refractivity (Wildman–Crippen MR) is 90.6 cm³/mol. The van der Waals surface area contributed by atoms with Gasteiger partial charge in [0, 0.05) is 5.92 Å². The highest BCUT2D eigenvalue weighted by atomic mass is 16.5. The van der Waals surface area contributed by atoms with Crippen LogP contribution in [-0.4, -0.2) is 7.11 Å². The maximum Gasteiger partial charge on any atom is 0.118 e. The van der Waals surface area contributed by atoms with Crippen LogP contribution in [0.1, 0.15) is 28.2 Å². The molecule has 0 aromatic heterocycles. The summed E-state index contributed by atoms with van der Waals surface area (Å²) in [6.45, 7) is 2.21. The SMILES string of the molecule is COc1ccc(C2c3ccccc3-c3cccc(C)c32)cc1. The van der Waals surface area contributed by atoms with E-state index in [1.54, 1.807) is 7.11 Å². The molecular formula is C21H18O. The molecular weight excluding hydrogens is 268 g/mol. The van der Waals surface area contributed by atoms with Crippen LogP contribution in [0.5, 0.6) is 5.75 Å². The Morgan fingerprint density at radius 1 is 0.773 bits per heavy atom. The van der Waals surface area contributed by atoms with Crippen LogP contribution in [0.15, 0.2) is 66.7 Å². The van der Waals surface area contributed by atoms with Gasteiger partial charge in [-0.2, -0.15) is 0 Å². The van der Waals surface area contributed by atoms with Crippen LogP contribution in [0.25, 0.3) is 11.1 Å². The van der Waals surface area contributed by atoms with Gasteiger partial charge in [-0.05, 0) is 52.4 Å². The van der Waals surface area contributed by atoms with Gasteiger partial charge in [0.05, 0.1) is 7.11 Å². The highest BCUT2D eigenvalue weighted by Gasteiger charge is 2.30. The van der Waals surface area contributed by atoms with Crippen molar-refractivity contribution in [1.82, 2.24) is 0 Å². The van der Waals surface area contributed by atoms with E-state index < -0.39 is 0 Å². The first kappa shape index (κ1) is 13.1. The van der Waals surface area contributed by atoms with E-state index >= 15 is 0 Å². The van der Waals surface area contributed by atoms with Gasteiger partial charge in [-0.3, -0.25) is 0 Å². The van der Waals surface area contributed by atoms with Gasteiger partial charge >= 0.3 is 0 Å². The van der Waals surface area contributed by atoms with Crippen molar-refractivity contribution in [3.8, 4) is 16.9 Å². The van der Waals surface area contributed by atoms with Crippen LogP contribution in [0.4, 0.5) is 0 Å². The molecule has 4 rings (SSSR count). The smallest absolute Gasteiger partial charge is 0.118 e. The summed E-state index contributed by atoms with van der Waals surface area (Å²) < 4.78 is 5.29. The molecule has 1 nitrogen and oxygen atoms in total. The summed E-state index contributed by atoms with van der Waals surface area (Å²) in [7, 11) is 1.71. The second-order valence-corrected chi connectivity index (χ2v) is 5.83. The zero-order valence-corrected chi connectivity index (χ0v) is 12.8. The van der Waals surface area contributed by atoms with Gasteiger partial charge in [0.1, 0.15) is 5.75 Å². The van der Waals surface area contributed by atoms with Crippen molar-refractivity contribution in [2.45, 2.75) is 12.8 Å². The van der Waals surface area contributed by atoms with Crippen LogP contribution in [0.2, 0.25) is 0 Å². The molecule has 3 aromatic rings. The molecule has 0 saturated carbocycles. The molecule has 0 bridgehead atoms. The van der Waals surface area contributed by atoms with Gasteiger partial charge in [-0.1, -0.05) is 54.6 Å². The lowest BCUT2D eigenvalue weighted by Crippen LogP contribution is -2.01. The van der Waals surface area contributed by atoms with Gasteiger partial charge in [0.25, 0.3) is 0 Å². The maximum absolute atomic E-state index is 5.29. The molecule has 0 saturated heterocycles. The molecule has 1 aliphatic carbocycles. The summed E-state index contributed by atoms with van der Waals surface area (Å²) in [5.74, 6) is 1.22. The summed E-state index contributed by atoms with van der Waals surface area (Å²) in [6.07, 6.45) is 0. The molecule has 1 atom stereocenters. The van der Waals surface area contributed by atoms with Gasteiger partial charge in [0.15, 0.2) is 0 Å². The molecule has 0 N–H and O–H groups in total. The van der Waals surface area contributed by atoms with Crippen molar-refractivity contribution in [3.05, 3.63) is 89.0 Å². The van der Waals surface area contributed by atoms with Crippen molar-refractivity contribution in [2.24, 2.45) is 0 Å². The van der Waals surface area contributed by atoms with Gasteiger partial charge in [-0.25, -0.2) is 0 Å². The summed E-state index contributed by atoms with van der Waals surface area (Å²) in [5.41, 5.74) is 8.25. The maximum atomic E-state index is 5.29.